The van der Waals surface area contributed by atoms with E-state index < -0.39 is 0 Å². The Balaban J connectivity index is 2.14. The monoisotopic (exact) mass is 238 g/mol. The van der Waals surface area contributed by atoms with Crippen LogP contribution in [0.1, 0.15) is 22.5 Å². The highest BCUT2D eigenvalue weighted by Gasteiger charge is 2.18. The van der Waals surface area contributed by atoms with E-state index in [4.69, 9.17) is 5.26 Å². The molecule has 18 heavy (non-hydrogen) atoms. The summed E-state index contributed by atoms with van der Waals surface area (Å²) in [6.45, 7) is 3.90. The minimum Gasteiger partial charge on any atom is -0.311 e. The van der Waals surface area contributed by atoms with Gasteiger partial charge in [0.1, 0.15) is 0 Å². The number of rotatable bonds is 1. The second-order valence-corrected chi connectivity index (χ2v) is 4.51. The number of nitriles is 1. The summed E-state index contributed by atoms with van der Waals surface area (Å²) in [4.78, 5) is 0. The zero-order valence-electron chi connectivity index (χ0n) is 10.3. The van der Waals surface area contributed by atoms with Crippen molar-refractivity contribution < 1.29 is 0 Å². The molecule has 1 aliphatic heterocycles. The van der Waals surface area contributed by atoms with Crippen LogP contribution in [0.5, 0.6) is 0 Å². The molecule has 0 fully saturated rings. The molecule has 0 spiro atoms. The van der Waals surface area contributed by atoms with E-state index >= 15 is 0 Å². The van der Waals surface area contributed by atoms with Crippen molar-refractivity contribution in [3.05, 3.63) is 46.8 Å². The fraction of sp³-hybridized carbons (Fsp3) is 0.286. The van der Waals surface area contributed by atoms with E-state index in [0.29, 0.717) is 5.56 Å². The van der Waals surface area contributed by atoms with Gasteiger partial charge in [0.15, 0.2) is 0 Å². The van der Waals surface area contributed by atoms with Gasteiger partial charge in [0, 0.05) is 6.54 Å². The minimum absolute atomic E-state index is 0.665. The Morgan fingerprint density at radius 2 is 2.33 bits per heavy atom. The van der Waals surface area contributed by atoms with E-state index in [1.165, 1.54) is 11.3 Å². The molecule has 1 aromatic carbocycles. The largest absolute Gasteiger partial charge is 0.311 e. The van der Waals surface area contributed by atoms with E-state index in [1.807, 2.05) is 28.9 Å². The van der Waals surface area contributed by atoms with Gasteiger partial charge in [-0.1, -0.05) is 6.07 Å². The summed E-state index contributed by atoms with van der Waals surface area (Å²) < 4.78 is 1.96. The van der Waals surface area contributed by atoms with Gasteiger partial charge in [0.05, 0.1) is 28.7 Å². The third kappa shape index (κ3) is 1.69. The van der Waals surface area contributed by atoms with Crippen molar-refractivity contribution in [3.63, 3.8) is 0 Å². The molecular weight excluding hydrogens is 224 g/mol. The van der Waals surface area contributed by atoms with E-state index in [-0.39, 0.29) is 0 Å². The van der Waals surface area contributed by atoms with Crippen LogP contribution >= 0.6 is 0 Å². The Kier molecular flexibility index (Phi) is 2.62. The number of aromatic nitrogens is 2. The van der Waals surface area contributed by atoms with Crippen LogP contribution in [0.3, 0.4) is 0 Å². The van der Waals surface area contributed by atoms with Crippen LogP contribution in [0.25, 0.3) is 5.69 Å². The van der Waals surface area contributed by atoms with Gasteiger partial charge in [-0.3, -0.25) is 0 Å². The van der Waals surface area contributed by atoms with E-state index in [2.05, 4.69) is 23.4 Å². The van der Waals surface area contributed by atoms with Gasteiger partial charge in [-0.2, -0.15) is 10.4 Å². The molecule has 0 aliphatic carbocycles. The van der Waals surface area contributed by atoms with Crippen molar-refractivity contribution in [1.29, 1.82) is 5.26 Å². The first-order chi connectivity index (χ1) is 8.79. The van der Waals surface area contributed by atoms with Gasteiger partial charge >= 0.3 is 0 Å². The molecule has 3 rings (SSSR count). The fourth-order valence-corrected chi connectivity index (χ4v) is 2.46. The lowest BCUT2D eigenvalue weighted by Crippen LogP contribution is -2.25. The predicted octanol–water partition coefficient (Wildman–Crippen LogP) is 1.70. The average molecular weight is 238 g/mol. The molecule has 1 N–H and O–H groups in total. The van der Waals surface area contributed by atoms with Crippen LogP contribution in [-0.4, -0.2) is 16.3 Å². The number of benzene rings is 1. The smallest absolute Gasteiger partial charge is 0.0992 e. The molecule has 0 radical (unpaired) electrons. The van der Waals surface area contributed by atoms with Gasteiger partial charge in [-0.15, -0.1) is 0 Å². The van der Waals surface area contributed by atoms with Crippen LogP contribution in [0.15, 0.2) is 24.3 Å². The van der Waals surface area contributed by atoms with Crippen LogP contribution in [-0.2, 0) is 13.0 Å². The second-order valence-electron chi connectivity index (χ2n) is 4.51. The standard InChI is InChI=1S/C14H14N4/c1-10-13-5-6-16-9-14(13)18(17-10)12-4-2-3-11(7-12)8-15/h2-4,7,16H,5-6,9H2,1H3. The molecule has 0 amide bonds. The molecule has 1 aliphatic rings. The topological polar surface area (TPSA) is 53.6 Å². The maximum atomic E-state index is 8.96. The molecule has 1 aromatic heterocycles. The Bertz CT molecular complexity index is 634. The Labute approximate surface area is 106 Å². The average Bonchev–Trinajstić information content (AvgIpc) is 2.77. The molecular formula is C14H14N4. The normalized spacial score (nSPS) is 14.0. The fourth-order valence-electron chi connectivity index (χ4n) is 2.46. The number of nitrogens with zero attached hydrogens (tertiary/aromatic N) is 3. The lowest BCUT2D eigenvalue weighted by atomic mass is 10.1. The van der Waals surface area contributed by atoms with Gasteiger partial charge in [0.2, 0.25) is 0 Å². The summed E-state index contributed by atoms with van der Waals surface area (Å²) in [7, 11) is 0. The molecule has 0 bridgehead atoms. The SMILES string of the molecule is Cc1nn(-c2cccc(C#N)c2)c2c1CCNC2. The highest BCUT2D eigenvalue weighted by molar-refractivity contribution is 5.44. The lowest BCUT2D eigenvalue weighted by molar-refractivity contribution is 0.614. The number of hydrogen-bond acceptors (Lipinski definition) is 3. The van der Waals surface area contributed by atoms with Gasteiger partial charge in [0.25, 0.3) is 0 Å². The molecule has 2 aromatic rings. The zero-order chi connectivity index (χ0) is 12.5. The molecule has 0 unspecified atom stereocenters. The van der Waals surface area contributed by atoms with Gasteiger partial charge < -0.3 is 5.32 Å². The van der Waals surface area contributed by atoms with Crippen LogP contribution in [0, 0.1) is 18.3 Å². The molecule has 0 atom stereocenters. The predicted molar refractivity (Wildman–Crippen MR) is 68.4 cm³/mol. The van der Waals surface area contributed by atoms with Crippen molar-refractivity contribution in [2.24, 2.45) is 0 Å². The second kappa shape index (κ2) is 4.28. The number of nitrogens with one attached hydrogen (secondary N) is 1. The summed E-state index contributed by atoms with van der Waals surface area (Å²) in [5.41, 5.74) is 5.28. The zero-order valence-corrected chi connectivity index (χ0v) is 10.3. The lowest BCUT2D eigenvalue weighted by Gasteiger charge is -2.15. The van der Waals surface area contributed by atoms with Crippen molar-refractivity contribution in [1.82, 2.24) is 15.1 Å². The van der Waals surface area contributed by atoms with E-state index in [9.17, 15) is 0 Å². The van der Waals surface area contributed by atoms with Crippen molar-refractivity contribution in [2.75, 3.05) is 6.54 Å². The van der Waals surface area contributed by atoms with Crippen molar-refractivity contribution >= 4 is 0 Å². The maximum absolute atomic E-state index is 8.96. The highest BCUT2D eigenvalue weighted by Crippen LogP contribution is 2.21. The molecule has 2 heterocycles. The minimum atomic E-state index is 0.665. The van der Waals surface area contributed by atoms with Crippen LogP contribution < -0.4 is 5.32 Å². The summed E-state index contributed by atoms with van der Waals surface area (Å²) in [6.07, 6.45) is 1.03. The van der Waals surface area contributed by atoms with Crippen LogP contribution in [0.2, 0.25) is 0 Å². The summed E-state index contributed by atoms with van der Waals surface area (Å²) >= 11 is 0. The molecule has 0 saturated carbocycles. The maximum Gasteiger partial charge on any atom is 0.0992 e. The summed E-state index contributed by atoms with van der Waals surface area (Å²) in [5, 5.41) is 16.9. The van der Waals surface area contributed by atoms with E-state index in [1.54, 1.807) is 0 Å². The van der Waals surface area contributed by atoms with E-state index in [0.717, 1.165) is 30.9 Å². The first-order valence-corrected chi connectivity index (χ1v) is 6.08. The third-order valence-electron chi connectivity index (χ3n) is 3.35. The summed E-state index contributed by atoms with van der Waals surface area (Å²) in [5.74, 6) is 0. The first-order valence-electron chi connectivity index (χ1n) is 6.08. The van der Waals surface area contributed by atoms with Gasteiger partial charge in [-0.05, 0) is 43.7 Å². The first kappa shape index (κ1) is 11.0. The molecule has 0 saturated heterocycles. The van der Waals surface area contributed by atoms with Gasteiger partial charge in [-0.25, -0.2) is 4.68 Å². The number of hydrogen-bond donors (Lipinski definition) is 1. The third-order valence-corrected chi connectivity index (χ3v) is 3.35. The molecule has 90 valence electrons. The Morgan fingerprint density at radius 3 is 3.17 bits per heavy atom. The number of aryl methyl sites for hydroxylation is 1. The number of fused-ring (bicyclic) bond motifs is 1. The quantitative estimate of drug-likeness (QED) is 0.822. The van der Waals surface area contributed by atoms with Crippen molar-refractivity contribution in [3.8, 4) is 11.8 Å². The van der Waals surface area contributed by atoms with Crippen LogP contribution in [0.4, 0.5) is 0 Å². The molecule has 4 heteroatoms. The Morgan fingerprint density at radius 1 is 1.44 bits per heavy atom. The Hall–Kier alpha value is -2.12. The summed E-state index contributed by atoms with van der Waals surface area (Å²) in [6, 6.07) is 9.74. The molecule has 4 nitrogen and oxygen atoms in total. The van der Waals surface area contributed by atoms with Crippen molar-refractivity contribution in [2.45, 2.75) is 19.9 Å². The highest BCUT2D eigenvalue weighted by atomic mass is 15.3.